The highest BCUT2D eigenvalue weighted by atomic mass is 16.6. The molecule has 2 aromatic carbocycles. The predicted octanol–water partition coefficient (Wildman–Crippen LogP) is 4.19. The van der Waals surface area contributed by atoms with Gasteiger partial charge in [0.15, 0.2) is 5.65 Å². The molecule has 0 radical (unpaired) electrons. The van der Waals surface area contributed by atoms with Crippen LogP contribution in [0.4, 0.5) is 4.79 Å². The number of fused-ring (bicyclic) bond motifs is 3. The van der Waals surface area contributed by atoms with Crippen LogP contribution in [0.3, 0.4) is 0 Å². The van der Waals surface area contributed by atoms with Crippen LogP contribution in [-0.4, -0.2) is 39.5 Å². The molecule has 34 heavy (non-hydrogen) atoms. The third kappa shape index (κ3) is 3.56. The van der Waals surface area contributed by atoms with E-state index in [1.807, 2.05) is 6.07 Å². The lowest BCUT2D eigenvalue weighted by Crippen LogP contribution is -2.39. The Morgan fingerprint density at radius 2 is 1.91 bits per heavy atom. The van der Waals surface area contributed by atoms with E-state index < -0.39 is 6.09 Å². The Morgan fingerprint density at radius 1 is 1.12 bits per heavy atom. The first-order valence-corrected chi connectivity index (χ1v) is 11.5. The molecule has 1 fully saturated rings. The number of amides is 1. The summed E-state index contributed by atoms with van der Waals surface area (Å²) in [5.41, 5.74) is 4.54. The van der Waals surface area contributed by atoms with E-state index in [1.165, 1.54) is 11.1 Å². The third-order valence-electron chi connectivity index (χ3n) is 7.11. The van der Waals surface area contributed by atoms with Crippen molar-refractivity contribution in [2.75, 3.05) is 13.1 Å². The number of pyridine rings is 1. The van der Waals surface area contributed by atoms with Crippen LogP contribution in [0.5, 0.6) is 11.5 Å². The van der Waals surface area contributed by atoms with Gasteiger partial charge in [-0.25, -0.2) is 9.78 Å². The van der Waals surface area contributed by atoms with Gasteiger partial charge in [0.05, 0.1) is 23.3 Å². The SMILES string of the molecule is O=C(NC1CC2(CCNCC2)c2ccccc21)Oc1cc(-c2ccc(O)cc2)nc2[nH]ncc12. The number of phenols is 1. The lowest BCUT2D eigenvalue weighted by Gasteiger charge is -2.35. The monoisotopic (exact) mass is 455 g/mol. The standard InChI is InChI=1S/C26H25N5O3/c32-17-7-5-16(6-8-17)21-13-23(19-15-28-31-24(19)29-21)34-25(33)30-22-14-26(9-11-27-12-10-26)20-4-2-1-3-18(20)22/h1-8,13,15,22,27,32H,9-12,14H2,(H,30,33)(H,28,29,31). The number of carbonyl (C=O) groups is 1. The van der Waals surface area contributed by atoms with Crippen LogP contribution in [0.1, 0.15) is 36.4 Å². The molecule has 0 saturated carbocycles. The molecule has 6 rings (SSSR count). The normalized spacial score (nSPS) is 18.6. The Balaban J connectivity index is 1.27. The Morgan fingerprint density at radius 3 is 2.74 bits per heavy atom. The maximum atomic E-state index is 13.1. The number of hydrogen-bond acceptors (Lipinski definition) is 6. The van der Waals surface area contributed by atoms with Crippen LogP contribution in [0.2, 0.25) is 0 Å². The first-order valence-electron chi connectivity index (χ1n) is 11.5. The summed E-state index contributed by atoms with van der Waals surface area (Å²) in [4.78, 5) is 17.7. The molecule has 2 aromatic heterocycles. The number of nitrogens with zero attached hydrogens (tertiary/aromatic N) is 2. The predicted molar refractivity (Wildman–Crippen MR) is 128 cm³/mol. The molecule has 1 atom stereocenters. The summed E-state index contributed by atoms with van der Waals surface area (Å²) in [5.74, 6) is 0.549. The second-order valence-electron chi connectivity index (χ2n) is 9.09. The van der Waals surface area contributed by atoms with Gasteiger partial charge in [0.1, 0.15) is 11.5 Å². The summed E-state index contributed by atoms with van der Waals surface area (Å²) in [7, 11) is 0. The Labute approximate surface area is 196 Å². The fourth-order valence-corrected chi connectivity index (χ4v) is 5.44. The van der Waals surface area contributed by atoms with E-state index in [1.54, 1.807) is 36.5 Å². The number of hydrogen-bond donors (Lipinski definition) is 4. The molecule has 172 valence electrons. The van der Waals surface area contributed by atoms with Gasteiger partial charge in [0.25, 0.3) is 0 Å². The second-order valence-corrected chi connectivity index (χ2v) is 9.09. The maximum absolute atomic E-state index is 13.1. The van der Waals surface area contributed by atoms with Gasteiger partial charge in [-0.2, -0.15) is 5.10 Å². The van der Waals surface area contributed by atoms with Gasteiger partial charge < -0.3 is 20.5 Å². The van der Waals surface area contributed by atoms with Crippen molar-refractivity contribution in [3.63, 3.8) is 0 Å². The van der Waals surface area contributed by atoms with Crippen LogP contribution in [0.15, 0.2) is 60.8 Å². The number of aromatic hydroxyl groups is 1. The minimum atomic E-state index is -0.504. The van der Waals surface area contributed by atoms with E-state index in [-0.39, 0.29) is 17.2 Å². The van der Waals surface area contributed by atoms with Gasteiger partial charge in [-0.15, -0.1) is 0 Å². The fourth-order valence-electron chi connectivity index (χ4n) is 5.44. The summed E-state index contributed by atoms with van der Waals surface area (Å²) in [5, 5.41) is 23.7. The number of nitrogens with one attached hydrogen (secondary N) is 3. The summed E-state index contributed by atoms with van der Waals surface area (Å²) < 4.78 is 5.81. The largest absolute Gasteiger partial charge is 0.508 e. The molecule has 1 aliphatic carbocycles. The summed E-state index contributed by atoms with van der Waals surface area (Å²) in [6, 6.07) is 16.8. The topological polar surface area (TPSA) is 112 Å². The molecule has 3 heterocycles. The highest BCUT2D eigenvalue weighted by Gasteiger charge is 2.44. The minimum absolute atomic E-state index is 0.0972. The van der Waals surface area contributed by atoms with Gasteiger partial charge in [0.2, 0.25) is 0 Å². The number of phenolic OH excluding ortho intramolecular Hbond substituents is 1. The number of H-pyrrole nitrogens is 1. The van der Waals surface area contributed by atoms with Gasteiger partial charge in [0, 0.05) is 17.0 Å². The quantitative estimate of drug-likeness (QED) is 0.369. The maximum Gasteiger partial charge on any atom is 0.413 e. The first-order chi connectivity index (χ1) is 16.6. The molecule has 4 N–H and O–H groups in total. The fraction of sp³-hybridized carbons (Fsp3) is 0.269. The minimum Gasteiger partial charge on any atom is -0.508 e. The van der Waals surface area contributed by atoms with E-state index in [9.17, 15) is 9.90 Å². The third-order valence-corrected chi connectivity index (χ3v) is 7.11. The van der Waals surface area contributed by atoms with Crippen LogP contribution in [0.25, 0.3) is 22.3 Å². The Bertz CT molecular complexity index is 1360. The number of ether oxygens (including phenoxy) is 1. The van der Waals surface area contributed by atoms with E-state index in [0.717, 1.165) is 37.9 Å². The molecule has 4 aromatic rings. The molecule has 1 saturated heterocycles. The van der Waals surface area contributed by atoms with Crippen molar-refractivity contribution >= 4 is 17.1 Å². The van der Waals surface area contributed by atoms with Crippen LogP contribution in [-0.2, 0) is 5.41 Å². The smallest absolute Gasteiger partial charge is 0.413 e. The van der Waals surface area contributed by atoms with Crippen LogP contribution < -0.4 is 15.4 Å². The average molecular weight is 456 g/mol. The van der Waals surface area contributed by atoms with E-state index >= 15 is 0 Å². The van der Waals surface area contributed by atoms with Crippen LogP contribution >= 0.6 is 0 Å². The molecule has 1 amide bonds. The number of aromatic nitrogens is 3. The van der Waals surface area contributed by atoms with Crippen molar-refractivity contribution in [3.05, 3.63) is 71.9 Å². The number of piperidine rings is 1. The molecule has 1 aliphatic heterocycles. The van der Waals surface area contributed by atoms with Crippen molar-refractivity contribution in [1.82, 2.24) is 25.8 Å². The molecule has 0 bridgehead atoms. The lowest BCUT2D eigenvalue weighted by molar-refractivity contribution is 0.193. The van der Waals surface area contributed by atoms with Crippen molar-refractivity contribution in [3.8, 4) is 22.8 Å². The van der Waals surface area contributed by atoms with E-state index in [2.05, 4.69) is 44.0 Å². The number of aromatic amines is 1. The molecular formula is C26H25N5O3. The van der Waals surface area contributed by atoms with Gasteiger partial charge in [-0.05, 0) is 67.7 Å². The van der Waals surface area contributed by atoms with E-state index in [4.69, 9.17) is 4.74 Å². The molecule has 8 nitrogen and oxygen atoms in total. The molecule has 8 heteroatoms. The Hall–Kier alpha value is -3.91. The number of carbonyl (C=O) groups excluding carboxylic acids is 1. The molecule has 1 unspecified atom stereocenters. The Kier molecular flexibility index (Phi) is 4.95. The second kappa shape index (κ2) is 8.14. The average Bonchev–Trinajstić information content (AvgIpc) is 3.44. The summed E-state index contributed by atoms with van der Waals surface area (Å²) in [6.07, 6.45) is 4.09. The molecule has 1 spiro atoms. The number of rotatable bonds is 3. The van der Waals surface area contributed by atoms with Crippen molar-refractivity contribution in [1.29, 1.82) is 0 Å². The van der Waals surface area contributed by atoms with Gasteiger partial charge in [-0.1, -0.05) is 24.3 Å². The first kappa shape index (κ1) is 20.7. The number of benzene rings is 2. The highest BCUT2D eigenvalue weighted by molar-refractivity contribution is 5.87. The van der Waals surface area contributed by atoms with Crippen molar-refractivity contribution in [2.24, 2.45) is 0 Å². The van der Waals surface area contributed by atoms with Crippen LogP contribution in [0, 0.1) is 0 Å². The zero-order chi connectivity index (χ0) is 23.1. The summed E-state index contributed by atoms with van der Waals surface area (Å²) in [6.45, 7) is 1.97. The summed E-state index contributed by atoms with van der Waals surface area (Å²) >= 11 is 0. The highest BCUT2D eigenvalue weighted by Crippen LogP contribution is 2.49. The van der Waals surface area contributed by atoms with Crippen molar-refractivity contribution in [2.45, 2.75) is 30.7 Å². The molecular weight excluding hydrogens is 430 g/mol. The van der Waals surface area contributed by atoms with Gasteiger partial charge >= 0.3 is 6.09 Å². The van der Waals surface area contributed by atoms with Gasteiger partial charge in [-0.3, -0.25) is 5.10 Å². The zero-order valence-electron chi connectivity index (χ0n) is 18.5. The van der Waals surface area contributed by atoms with Crippen molar-refractivity contribution < 1.29 is 14.6 Å². The zero-order valence-corrected chi connectivity index (χ0v) is 18.5. The van der Waals surface area contributed by atoms with E-state index in [0.29, 0.717) is 22.5 Å². The lowest BCUT2D eigenvalue weighted by atomic mass is 9.74. The molecule has 2 aliphatic rings.